The smallest absolute Gasteiger partial charge is 0.223 e. The van der Waals surface area contributed by atoms with Crippen LogP contribution in [0.15, 0.2) is 18.3 Å². The highest BCUT2D eigenvalue weighted by Gasteiger charge is 2.36. The SMILES string of the molecule is CC1(C)CCC(O)CN1C(=O)CCc1ccc[nH]1. The number of amides is 1. The fourth-order valence-corrected chi connectivity index (χ4v) is 2.54. The molecule has 1 aliphatic heterocycles. The molecule has 0 spiro atoms. The summed E-state index contributed by atoms with van der Waals surface area (Å²) >= 11 is 0. The number of likely N-dealkylation sites (tertiary alicyclic amines) is 1. The first-order valence-corrected chi connectivity index (χ1v) is 6.60. The molecule has 0 aliphatic carbocycles. The van der Waals surface area contributed by atoms with Gasteiger partial charge in [0.15, 0.2) is 0 Å². The summed E-state index contributed by atoms with van der Waals surface area (Å²) < 4.78 is 0. The quantitative estimate of drug-likeness (QED) is 0.858. The van der Waals surface area contributed by atoms with Crippen molar-refractivity contribution >= 4 is 5.91 Å². The van der Waals surface area contributed by atoms with E-state index in [1.165, 1.54) is 0 Å². The van der Waals surface area contributed by atoms with Crippen molar-refractivity contribution in [3.05, 3.63) is 24.0 Å². The third kappa shape index (κ3) is 2.93. The monoisotopic (exact) mass is 250 g/mol. The molecule has 1 unspecified atom stereocenters. The molecule has 18 heavy (non-hydrogen) atoms. The van der Waals surface area contributed by atoms with E-state index in [0.717, 1.165) is 25.0 Å². The van der Waals surface area contributed by atoms with Crippen LogP contribution in [0.5, 0.6) is 0 Å². The lowest BCUT2D eigenvalue weighted by Gasteiger charge is -2.44. The molecule has 1 atom stereocenters. The summed E-state index contributed by atoms with van der Waals surface area (Å²) in [7, 11) is 0. The summed E-state index contributed by atoms with van der Waals surface area (Å²) in [6.45, 7) is 4.62. The third-order valence-electron chi connectivity index (χ3n) is 3.79. The van der Waals surface area contributed by atoms with Gasteiger partial charge >= 0.3 is 0 Å². The molecule has 4 nitrogen and oxygen atoms in total. The van der Waals surface area contributed by atoms with Gasteiger partial charge in [-0.1, -0.05) is 0 Å². The van der Waals surface area contributed by atoms with Crippen molar-refractivity contribution in [2.75, 3.05) is 6.54 Å². The number of aromatic amines is 1. The maximum absolute atomic E-state index is 12.3. The number of β-amino-alcohol motifs (C(OH)–C–C–N with tert-alkyl or cyclic N) is 1. The van der Waals surface area contributed by atoms with Crippen molar-refractivity contribution < 1.29 is 9.90 Å². The van der Waals surface area contributed by atoms with Gasteiger partial charge in [0.25, 0.3) is 0 Å². The topological polar surface area (TPSA) is 56.3 Å². The van der Waals surface area contributed by atoms with Gasteiger partial charge in [0.05, 0.1) is 6.10 Å². The molecule has 1 amide bonds. The van der Waals surface area contributed by atoms with E-state index in [0.29, 0.717) is 13.0 Å². The molecule has 0 bridgehead atoms. The summed E-state index contributed by atoms with van der Waals surface area (Å²) in [5.74, 6) is 0.133. The van der Waals surface area contributed by atoms with Crippen molar-refractivity contribution in [1.82, 2.24) is 9.88 Å². The average molecular weight is 250 g/mol. The number of aryl methyl sites for hydroxylation is 1. The zero-order valence-electron chi connectivity index (χ0n) is 11.1. The maximum atomic E-state index is 12.3. The van der Waals surface area contributed by atoms with Crippen LogP contribution in [-0.2, 0) is 11.2 Å². The molecule has 0 aromatic carbocycles. The molecule has 1 aliphatic rings. The Morgan fingerprint density at radius 3 is 3.06 bits per heavy atom. The van der Waals surface area contributed by atoms with Crippen LogP contribution in [0.4, 0.5) is 0 Å². The molecule has 2 heterocycles. The predicted molar refractivity (Wildman–Crippen MR) is 70.1 cm³/mol. The third-order valence-corrected chi connectivity index (χ3v) is 3.79. The largest absolute Gasteiger partial charge is 0.391 e. The molecular weight excluding hydrogens is 228 g/mol. The van der Waals surface area contributed by atoms with Gasteiger partial charge in [0.1, 0.15) is 0 Å². The van der Waals surface area contributed by atoms with Crippen LogP contribution in [0.2, 0.25) is 0 Å². The van der Waals surface area contributed by atoms with Gasteiger partial charge in [-0.15, -0.1) is 0 Å². The summed E-state index contributed by atoms with van der Waals surface area (Å²) in [4.78, 5) is 17.2. The zero-order chi connectivity index (χ0) is 13.2. The number of H-pyrrole nitrogens is 1. The number of aromatic nitrogens is 1. The average Bonchev–Trinajstić information content (AvgIpc) is 2.82. The second kappa shape index (κ2) is 5.14. The standard InChI is InChI=1S/C14H22N2O2/c1-14(2)8-7-12(17)10-16(14)13(18)6-5-11-4-3-9-15-11/h3-4,9,12,15,17H,5-8,10H2,1-2H3. The van der Waals surface area contributed by atoms with Crippen molar-refractivity contribution in [2.45, 2.75) is 51.2 Å². The molecular formula is C14H22N2O2. The number of hydrogen-bond acceptors (Lipinski definition) is 2. The van der Waals surface area contributed by atoms with Crippen LogP contribution in [-0.4, -0.2) is 39.1 Å². The van der Waals surface area contributed by atoms with E-state index in [2.05, 4.69) is 18.8 Å². The second-order valence-corrected chi connectivity index (χ2v) is 5.70. The Kier molecular flexibility index (Phi) is 3.76. The molecule has 4 heteroatoms. The minimum atomic E-state index is -0.368. The lowest BCUT2D eigenvalue weighted by molar-refractivity contribution is -0.142. The Balaban J connectivity index is 1.94. The Bertz CT molecular complexity index is 398. The van der Waals surface area contributed by atoms with Crippen molar-refractivity contribution in [1.29, 1.82) is 0 Å². The van der Waals surface area contributed by atoms with Crippen LogP contribution < -0.4 is 0 Å². The number of carbonyl (C=O) groups is 1. The van der Waals surface area contributed by atoms with Gasteiger partial charge in [-0.05, 0) is 45.2 Å². The molecule has 1 saturated heterocycles. The first kappa shape index (κ1) is 13.1. The molecule has 1 aromatic heterocycles. The van der Waals surface area contributed by atoms with Gasteiger partial charge in [0, 0.05) is 30.4 Å². The van der Waals surface area contributed by atoms with Crippen molar-refractivity contribution in [3.63, 3.8) is 0 Å². The van der Waals surface area contributed by atoms with Gasteiger partial charge in [0.2, 0.25) is 5.91 Å². The number of rotatable bonds is 3. The summed E-state index contributed by atoms with van der Waals surface area (Å²) in [5, 5.41) is 9.71. The van der Waals surface area contributed by atoms with E-state index in [4.69, 9.17) is 0 Å². The van der Waals surface area contributed by atoms with Crippen LogP contribution in [0.3, 0.4) is 0 Å². The highest BCUT2D eigenvalue weighted by molar-refractivity contribution is 5.77. The van der Waals surface area contributed by atoms with Gasteiger partial charge in [-0.2, -0.15) is 0 Å². The molecule has 2 N–H and O–H groups in total. The fourth-order valence-electron chi connectivity index (χ4n) is 2.54. The van der Waals surface area contributed by atoms with Crippen LogP contribution in [0.25, 0.3) is 0 Å². The minimum absolute atomic E-state index is 0.133. The van der Waals surface area contributed by atoms with Crippen molar-refractivity contribution in [3.8, 4) is 0 Å². The first-order valence-electron chi connectivity index (χ1n) is 6.60. The Morgan fingerprint density at radius 1 is 1.61 bits per heavy atom. The maximum Gasteiger partial charge on any atom is 0.223 e. The van der Waals surface area contributed by atoms with E-state index in [9.17, 15) is 9.90 Å². The van der Waals surface area contributed by atoms with Crippen molar-refractivity contribution in [2.24, 2.45) is 0 Å². The lowest BCUT2D eigenvalue weighted by atomic mass is 9.88. The van der Waals surface area contributed by atoms with Gasteiger partial charge in [-0.3, -0.25) is 4.79 Å². The van der Waals surface area contributed by atoms with Gasteiger partial charge < -0.3 is 15.0 Å². The van der Waals surface area contributed by atoms with E-state index in [-0.39, 0.29) is 17.6 Å². The lowest BCUT2D eigenvalue weighted by Crippen LogP contribution is -2.54. The molecule has 0 saturated carbocycles. The minimum Gasteiger partial charge on any atom is -0.391 e. The highest BCUT2D eigenvalue weighted by atomic mass is 16.3. The zero-order valence-corrected chi connectivity index (χ0v) is 11.1. The van der Waals surface area contributed by atoms with Crippen LogP contribution in [0, 0.1) is 0 Å². The molecule has 1 fully saturated rings. The normalized spacial score (nSPS) is 23.1. The number of nitrogens with zero attached hydrogens (tertiary/aromatic N) is 1. The number of aliphatic hydroxyl groups is 1. The summed E-state index contributed by atoms with van der Waals surface area (Å²) in [5.41, 5.74) is 0.949. The summed E-state index contributed by atoms with van der Waals surface area (Å²) in [6.07, 6.45) is 4.38. The van der Waals surface area contributed by atoms with E-state index in [1.54, 1.807) is 0 Å². The Morgan fingerprint density at radius 2 is 2.39 bits per heavy atom. The van der Waals surface area contributed by atoms with Gasteiger partial charge in [-0.25, -0.2) is 0 Å². The Labute approximate surface area is 108 Å². The van der Waals surface area contributed by atoms with Crippen LogP contribution >= 0.6 is 0 Å². The Hall–Kier alpha value is -1.29. The number of piperidine rings is 1. The molecule has 100 valence electrons. The number of hydrogen-bond donors (Lipinski definition) is 2. The fraction of sp³-hybridized carbons (Fsp3) is 0.643. The first-order chi connectivity index (χ1) is 8.49. The van der Waals surface area contributed by atoms with E-state index in [1.807, 2.05) is 23.2 Å². The number of carbonyl (C=O) groups excluding carboxylic acids is 1. The number of aliphatic hydroxyl groups excluding tert-OH is 1. The van der Waals surface area contributed by atoms with Crippen LogP contribution in [0.1, 0.15) is 38.8 Å². The highest BCUT2D eigenvalue weighted by Crippen LogP contribution is 2.28. The summed E-state index contributed by atoms with van der Waals surface area (Å²) in [6, 6.07) is 3.93. The second-order valence-electron chi connectivity index (χ2n) is 5.70. The van der Waals surface area contributed by atoms with E-state index < -0.39 is 0 Å². The van der Waals surface area contributed by atoms with E-state index >= 15 is 0 Å². The molecule has 1 aromatic rings. The predicted octanol–water partition coefficient (Wildman–Crippen LogP) is 1.71. The molecule has 0 radical (unpaired) electrons. The molecule has 2 rings (SSSR count). The number of nitrogens with one attached hydrogen (secondary N) is 1.